The Balaban J connectivity index is 1.58. The zero-order valence-electron chi connectivity index (χ0n) is 14.9. The Morgan fingerprint density at radius 2 is 2.04 bits per heavy atom. The summed E-state index contributed by atoms with van der Waals surface area (Å²) in [4.78, 5) is 31.4. The normalized spacial score (nSPS) is 13.6. The predicted molar refractivity (Wildman–Crippen MR) is 101 cm³/mol. The van der Waals surface area contributed by atoms with Gasteiger partial charge in [-0.1, -0.05) is 17.7 Å². The van der Waals surface area contributed by atoms with Crippen LogP contribution in [0.5, 0.6) is 0 Å². The number of fused-ring (bicyclic) bond motifs is 3. The topological polar surface area (TPSA) is 60.7 Å². The summed E-state index contributed by atoms with van der Waals surface area (Å²) in [5, 5.41) is 0. The van der Waals surface area contributed by atoms with E-state index in [4.69, 9.17) is 4.74 Å². The van der Waals surface area contributed by atoms with E-state index in [0.717, 1.165) is 42.5 Å². The maximum Gasteiger partial charge on any atom is 0.338 e. The third kappa shape index (κ3) is 3.05. The Morgan fingerprint density at radius 1 is 1.23 bits per heavy atom. The lowest BCUT2D eigenvalue weighted by atomic mass is 10.0. The summed E-state index contributed by atoms with van der Waals surface area (Å²) < 4.78 is 7.11. The van der Waals surface area contributed by atoms with Crippen molar-refractivity contribution in [3.63, 3.8) is 0 Å². The van der Waals surface area contributed by atoms with Crippen LogP contribution >= 0.6 is 11.3 Å². The number of nitrogens with zero attached hydrogens (tertiary/aromatic N) is 2. The molecule has 1 aliphatic carbocycles. The average Bonchev–Trinajstić information content (AvgIpc) is 2.98. The second kappa shape index (κ2) is 6.68. The first kappa shape index (κ1) is 17.0. The Kier molecular flexibility index (Phi) is 4.36. The number of aromatic nitrogens is 2. The van der Waals surface area contributed by atoms with Gasteiger partial charge in [0.25, 0.3) is 5.56 Å². The SMILES string of the molecule is Cc1ccc(C(=O)OCc2cc(=O)n3c4c(sc3n2)CCCC4)c(C)c1. The van der Waals surface area contributed by atoms with Crippen molar-refractivity contribution >= 4 is 22.3 Å². The molecule has 1 aromatic carbocycles. The van der Waals surface area contributed by atoms with Crippen LogP contribution in [0.4, 0.5) is 0 Å². The maximum absolute atomic E-state index is 12.5. The van der Waals surface area contributed by atoms with Gasteiger partial charge in [-0.3, -0.25) is 9.20 Å². The Hall–Kier alpha value is -2.47. The molecule has 0 amide bonds. The maximum atomic E-state index is 12.5. The molecular weight excluding hydrogens is 348 g/mol. The number of hydrogen-bond acceptors (Lipinski definition) is 5. The van der Waals surface area contributed by atoms with Gasteiger partial charge in [-0.2, -0.15) is 0 Å². The summed E-state index contributed by atoms with van der Waals surface area (Å²) in [5.74, 6) is -0.394. The summed E-state index contributed by atoms with van der Waals surface area (Å²) in [6.45, 7) is 3.87. The first-order valence-electron chi connectivity index (χ1n) is 8.80. The van der Waals surface area contributed by atoms with E-state index >= 15 is 0 Å². The number of carbonyl (C=O) groups is 1. The van der Waals surface area contributed by atoms with E-state index in [1.54, 1.807) is 21.8 Å². The largest absolute Gasteiger partial charge is 0.456 e. The summed E-state index contributed by atoms with van der Waals surface area (Å²) >= 11 is 1.57. The highest BCUT2D eigenvalue weighted by atomic mass is 32.1. The molecule has 0 unspecified atom stereocenters. The van der Waals surface area contributed by atoms with Crippen molar-refractivity contribution in [2.45, 2.75) is 46.1 Å². The molecule has 0 aliphatic heterocycles. The van der Waals surface area contributed by atoms with Crippen LogP contribution in [0.1, 0.15) is 50.6 Å². The smallest absolute Gasteiger partial charge is 0.338 e. The molecule has 2 heterocycles. The van der Waals surface area contributed by atoms with Crippen LogP contribution in [0, 0.1) is 13.8 Å². The Bertz CT molecular complexity index is 1060. The molecule has 0 radical (unpaired) electrons. The fourth-order valence-corrected chi connectivity index (χ4v) is 4.71. The molecule has 0 saturated heterocycles. The number of rotatable bonds is 3. The molecule has 134 valence electrons. The van der Waals surface area contributed by atoms with Gasteiger partial charge in [-0.15, -0.1) is 11.3 Å². The van der Waals surface area contributed by atoms with E-state index in [0.29, 0.717) is 16.2 Å². The van der Waals surface area contributed by atoms with Gasteiger partial charge in [0.15, 0.2) is 4.96 Å². The highest BCUT2D eigenvalue weighted by Crippen LogP contribution is 2.28. The minimum Gasteiger partial charge on any atom is -0.456 e. The molecule has 0 atom stereocenters. The standard InChI is InChI=1S/C20H20N2O3S/c1-12-7-8-15(13(2)9-12)19(24)25-11-14-10-18(23)22-16-5-3-4-6-17(16)26-20(22)21-14/h7-10H,3-6,11H2,1-2H3. The van der Waals surface area contributed by atoms with Gasteiger partial charge < -0.3 is 4.74 Å². The zero-order chi connectivity index (χ0) is 18.3. The average molecular weight is 368 g/mol. The number of thiazole rings is 1. The Morgan fingerprint density at radius 3 is 2.85 bits per heavy atom. The van der Waals surface area contributed by atoms with Crippen molar-refractivity contribution in [3.8, 4) is 0 Å². The van der Waals surface area contributed by atoms with Gasteiger partial charge in [0, 0.05) is 16.6 Å². The molecule has 0 spiro atoms. The van der Waals surface area contributed by atoms with Gasteiger partial charge in [-0.25, -0.2) is 9.78 Å². The van der Waals surface area contributed by atoms with Crippen molar-refractivity contribution in [2.24, 2.45) is 0 Å². The summed E-state index contributed by atoms with van der Waals surface area (Å²) in [6.07, 6.45) is 4.22. The first-order chi connectivity index (χ1) is 12.5. The van der Waals surface area contributed by atoms with Crippen LogP contribution in [0.3, 0.4) is 0 Å². The van der Waals surface area contributed by atoms with Crippen LogP contribution in [0.15, 0.2) is 29.1 Å². The van der Waals surface area contributed by atoms with Crippen LogP contribution in [-0.4, -0.2) is 15.4 Å². The predicted octanol–water partition coefficient (Wildman–Crippen LogP) is 3.61. The molecule has 6 heteroatoms. The molecule has 5 nitrogen and oxygen atoms in total. The van der Waals surface area contributed by atoms with E-state index in [2.05, 4.69) is 4.98 Å². The fourth-order valence-electron chi connectivity index (χ4n) is 3.48. The van der Waals surface area contributed by atoms with Gasteiger partial charge in [0.2, 0.25) is 0 Å². The van der Waals surface area contributed by atoms with Crippen molar-refractivity contribution in [2.75, 3.05) is 0 Å². The Labute approximate surface area is 155 Å². The molecule has 1 aliphatic rings. The highest BCUT2D eigenvalue weighted by Gasteiger charge is 2.19. The van der Waals surface area contributed by atoms with Crippen molar-refractivity contribution < 1.29 is 9.53 Å². The zero-order valence-corrected chi connectivity index (χ0v) is 15.7. The van der Waals surface area contributed by atoms with Gasteiger partial charge in [0.1, 0.15) is 6.61 Å². The van der Waals surface area contributed by atoms with Crippen LogP contribution in [-0.2, 0) is 24.2 Å². The minimum absolute atomic E-state index is 0.000453. The van der Waals surface area contributed by atoms with E-state index in [9.17, 15) is 9.59 Å². The summed E-state index contributed by atoms with van der Waals surface area (Å²) in [6, 6.07) is 7.08. The summed E-state index contributed by atoms with van der Waals surface area (Å²) in [5.41, 5.74) is 4.02. The molecule has 4 rings (SSSR count). The number of ether oxygens (including phenoxy) is 1. The van der Waals surface area contributed by atoms with Gasteiger partial charge in [0.05, 0.1) is 11.3 Å². The van der Waals surface area contributed by atoms with Gasteiger partial charge >= 0.3 is 5.97 Å². The van der Waals surface area contributed by atoms with Crippen LogP contribution in [0.25, 0.3) is 4.96 Å². The van der Waals surface area contributed by atoms with Crippen molar-refractivity contribution in [1.29, 1.82) is 0 Å². The highest BCUT2D eigenvalue weighted by molar-refractivity contribution is 7.17. The lowest BCUT2D eigenvalue weighted by molar-refractivity contribution is 0.0467. The van der Waals surface area contributed by atoms with Crippen molar-refractivity contribution in [3.05, 3.63) is 67.6 Å². The summed E-state index contributed by atoms with van der Waals surface area (Å²) in [7, 11) is 0. The van der Waals surface area contributed by atoms with E-state index < -0.39 is 5.97 Å². The number of aryl methyl sites for hydroxylation is 4. The van der Waals surface area contributed by atoms with Crippen LogP contribution in [0.2, 0.25) is 0 Å². The first-order valence-corrected chi connectivity index (χ1v) is 9.62. The minimum atomic E-state index is -0.394. The lowest BCUT2D eigenvalue weighted by Crippen LogP contribution is -2.18. The monoisotopic (exact) mass is 368 g/mol. The number of esters is 1. The fraction of sp³-hybridized carbons (Fsp3) is 0.350. The third-order valence-electron chi connectivity index (χ3n) is 4.77. The molecular formula is C20H20N2O3S. The lowest BCUT2D eigenvalue weighted by Gasteiger charge is -2.10. The number of benzene rings is 1. The van der Waals surface area contributed by atoms with E-state index in [1.807, 2.05) is 26.0 Å². The molecule has 0 saturated carbocycles. The molecule has 0 N–H and O–H groups in total. The molecule has 0 fully saturated rings. The molecule has 2 aromatic heterocycles. The van der Waals surface area contributed by atoms with E-state index in [1.165, 1.54) is 10.9 Å². The van der Waals surface area contributed by atoms with E-state index in [-0.39, 0.29) is 12.2 Å². The van der Waals surface area contributed by atoms with Crippen LogP contribution < -0.4 is 5.56 Å². The van der Waals surface area contributed by atoms with Crippen molar-refractivity contribution in [1.82, 2.24) is 9.38 Å². The van der Waals surface area contributed by atoms with Gasteiger partial charge in [-0.05, 0) is 51.2 Å². The number of hydrogen-bond donors (Lipinski definition) is 0. The third-order valence-corrected chi connectivity index (χ3v) is 5.91. The molecule has 0 bridgehead atoms. The second-order valence-electron chi connectivity index (χ2n) is 6.78. The molecule has 26 heavy (non-hydrogen) atoms. The second-order valence-corrected chi connectivity index (χ2v) is 7.84. The molecule has 3 aromatic rings. The number of carbonyl (C=O) groups excluding carboxylic acids is 1. The quantitative estimate of drug-likeness (QED) is 0.663.